The van der Waals surface area contributed by atoms with Crippen LogP contribution in [0, 0.1) is 0 Å². The van der Waals surface area contributed by atoms with Crippen LogP contribution in [0.5, 0.6) is 0 Å². The van der Waals surface area contributed by atoms with Gasteiger partial charge in [-0.15, -0.1) is 0 Å². The summed E-state index contributed by atoms with van der Waals surface area (Å²) in [5.74, 6) is 0.444. The van der Waals surface area contributed by atoms with Gasteiger partial charge < -0.3 is 19.5 Å². The molecule has 4 rings (SSSR count). The molecule has 0 aliphatic carbocycles. The van der Waals surface area contributed by atoms with Crippen molar-refractivity contribution in [3.63, 3.8) is 0 Å². The molecule has 0 spiro atoms. The zero-order valence-corrected chi connectivity index (χ0v) is 20.6. The molecule has 1 N–H and O–H groups in total. The molecule has 1 amide bonds. The maximum Gasteiger partial charge on any atom is 0.411 e. The van der Waals surface area contributed by atoms with Crippen molar-refractivity contribution in [2.24, 2.45) is 0 Å². The molecule has 0 aromatic carbocycles. The minimum atomic E-state index is -0.666. The lowest BCUT2D eigenvalue weighted by atomic mass is 9.68. The van der Waals surface area contributed by atoms with E-state index in [2.05, 4.69) is 9.97 Å². The molecule has 0 saturated carbocycles. The molecule has 1 aromatic heterocycles. The lowest BCUT2D eigenvalue weighted by Crippen LogP contribution is -2.72. The van der Waals surface area contributed by atoms with Gasteiger partial charge in [0.1, 0.15) is 22.0 Å². The smallest absolute Gasteiger partial charge is 0.411 e. The first-order chi connectivity index (χ1) is 15.0. The first kappa shape index (κ1) is 23.8. The van der Waals surface area contributed by atoms with Crippen LogP contribution in [-0.2, 0) is 9.47 Å². The zero-order chi connectivity index (χ0) is 23.3. The van der Waals surface area contributed by atoms with Gasteiger partial charge in [-0.25, -0.2) is 14.8 Å². The Morgan fingerprint density at radius 1 is 1.31 bits per heavy atom. The van der Waals surface area contributed by atoms with Crippen molar-refractivity contribution >= 4 is 35.2 Å². The molecule has 32 heavy (non-hydrogen) atoms. The van der Waals surface area contributed by atoms with Gasteiger partial charge in [-0.05, 0) is 59.3 Å². The van der Waals surface area contributed by atoms with Gasteiger partial charge in [0, 0.05) is 31.8 Å². The molecular weight excluding hydrogens is 455 g/mol. The number of aliphatic hydroxyl groups excluding tert-OH is 1. The van der Waals surface area contributed by atoms with Crippen LogP contribution in [0.25, 0.3) is 0 Å². The fraction of sp³-hybridized carbons (Fsp3) is 0.773. The molecule has 3 aliphatic heterocycles. The summed E-state index contributed by atoms with van der Waals surface area (Å²) in [6.07, 6.45) is 3.05. The van der Waals surface area contributed by atoms with E-state index >= 15 is 0 Å². The number of fused-ring (bicyclic) bond motifs is 2. The van der Waals surface area contributed by atoms with Gasteiger partial charge in [0.15, 0.2) is 0 Å². The highest BCUT2D eigenvalue weighted by Crippen LogP contribution is 2.49. The number of aromatic nitrogens is 2. The number of hydrogen-bond acceptors (Lipinski definition) is 7. The number of carbonyl (C=O) groups excluding carboxylic acids is 1. The van der Waals surface area contributed by atoms with Gasteiger partial charge in [0.05, 0.1) is 11.6 Å². The number of halogens is 2. The SMILES string of the molecule is CN(c1nc(Cl)cc(Cl)n1)[C@H]1C[C@@H]2CCC[C@](C3OCC[C@@H]3O)(C1)N2C(=O)OC(C)(C)C. The van der Waals surface area contributed by atoms with Gasteiger partial charge in [-0.3, -0.25) is 4.90 Å². The van der Waals surface area contributed by atoms with E-state index in [1.165, 1.54) is 6.07 Å². The summed E-state index contributed by atoms with van der Waals surface area (Å²) in [5.41, 5.74) is -1.28. The Labute approximate surface area is 199 Å². The Hall–Kier alpha value is -1.35. The number of piperidine rings is 2. The minimum absolute atomic E-state index is 0.0184. The van der Waals surface area contributed by atoms with E-state index in [4.69, 9.17) is 32.7 Å². The highest BCUT2D eigenvalue weighted by atomic mass is 35.5. The molecular formula is C22H32Cl2N4O4. The van der Waals surface area contributed by atoms with E-state index in [0.29, 0.717) is 25.4 Å². The normalized spacial score (nSPS) is 32.7. The molecule has 5 atom stereocenters. The van der Waals surface area contributed by atoms with Crippen molar-refractivity contribution in [2.45, 2.75) is 94.7 Å². The Kier molecular flexibility index (Phi) is 6.53. The van der Waals surface area contributed by atoms with Crippen LogP contribution in [-0.4, -0.2) is 75.2 Å². The highest BCUT2D eigenvalue weighted by Gasteiger charge is 2.59. The number of aliphatic hydroxyl groups is 1. The van der Waals surface area contributed by atoms with Crippen LogP contribution in [0.1, 0.15) is 59.3 Å². The third-order valence-corrected chi connectivity index (χ3v) is 7.21. The molecule has 3 saturated heterocycles. The number of ether oxygens (including phenoxy) is 2. The molecule has 1 unspecified atom stereocenters. The predicted octanol–water partition coefficient (Wildman–Crippen LogP) is 4.06. The molecule has 4 heterocycles. The lowest BCUT2D eigenvalue weighted by molar-refractivity contribution is -0.136. The first-order valence-electron chi connectivity index (χ1n) is 11.2. The average molecular weight is 487 g/mol. The number of rotatable bonds is 3. The minimum Gasteiger partial charge on any atom is -0.444 e. The first-order valence-corrected chi connectivity index (χ1v) is 12.0. The average Bonchev–Trinajstić information content (AvgIpc) is 3.10. The fourth-order valence-electron chi connectivity index (χ4n) is 5.61. The van der Waals surface area contributed by atoms with E-state index in [1.807, 2.05) is 37.6 Å². The molecule has 0 radical (unpaired) electrons. The Morgan fingerprint density at radius 3 is 2.59 bits per heavy atom. The van der Waals surface area contributed by atoms with Crippen LogP contribution in [0.3, 0.4) is 0 Å². The predicted molar refractivity (Wildman–Crippen MR) is 122 cm³/mol. The maximum atomic E-state index is 13.4. The Bertz CT molecular complexity index is 847. The summed E-state index contributed by atoms with van der Waals surface area (Å²) in [6, 6.07) is 1.49. The monoisotopic (exact) mass is 486 g/mol. The molecule has 10 heteroatoms. The number of amides is 1. The van der Waals surface area contributed by atoms with Crippen LogP contribution in [0.15, 0.2) is 6.07 Å². The van der Waals surface area contributed by atoms with Gasteiger partial charge in [0.25, 0.3) is 0 Å². The summed E-state index contributed by atoms with van der Waals surface area (Å²) in [7, 11) is 1.92. The van der Waals surface area contributed by atoms with Crippen molar-refractivity contribution in [1.29, 1.82) is 0 Å². The maximum absolute atomic E-state index is 13.4. The van der Waals surface area contributed by atoms with Crippen molar-refractivity contribution < 1.29 is 19.4 Å². The summed E-state index contributed by atoms with van der Waals surface area (Å²) in [6.45, 7) is 6.09. The quantitative estimate of drug-likeness (QED) is 0.644. The topological polar surface area (TPSA) is 88.0 Å². The van der Waals surface area contributed by atoms with Crippen LogP contribution in [0.2, 0.25) is 10.3 Å². The number of anilines is 1. The highest BCUT2D eigenvalue weighted by molar-refractivity contribution is 6.33. The standard InChI is InChI=1S/C22H32Cl2N4O4/c1-21(2,3)32-20(30)28-13-6-5-8-22(28,18-15(29)7-9-31-18)12-14(10-13)27(4)19-25-16(23)11-17(24)26-19/h11,13-15,18,29H,5-10,12H2,1-4H3/t13-,14-,15-,18?,22+/m0/s1. The van der Waals surface area contributed by atoms with E-state index in [9.17, 15) is 9.90 Å². The van der Waals surface area contributed by atoms with E-state index in [1.54, 1.807) is 0 Å². The van der Waals surface area contributed by atoms with Crippen LogP contribution in [0.4, 0.5) is 10.7 Å². The number of nitrogens with zero attached hydrogens (tertiary/aromatic N) is 4. The van der Waals surface area contributed by atoms with Crippen molar-refractivity contribution in [1.82, 2.24) is 14.9 Å². The van der Waals surface area contributed by atoms with Crippen molar-refractivity contribution in [3.8, 4) is 0 Å². The van der Waals surface area contributed by atoms with Gasteiger partial charge in [0.2, 0.25) is 5.95 Å². The summed E-state index contributed by atoms with van der Waals surface area (Å²) in [4.78, 5) is 26.0. The third kappa shape index (κ3) is 4.52. The fourth-order valence-corrected chi connectivity index (χ4v) is 6.02. The largest absolute Gasteiger partial charge is 0.444 e. The lowest BCUT2D eigenvalue weighted by Gasteiger charge is -2.59. The molecule has 3 aliphatic rings. The van der Waals surface area contributed by atoms with Crippen LogP contribution < -0.4 is 4.90 Å². The second kappa shape index (κ2) is 8.78. The zero-order valence-electron chi connectivity index (χ0n) is 19.1. The summed E-state index contributed by atoms with van der Waals surface area (Å²) < 4.78 is 11.9. The molecule has 8 nitrogen and oxygen atoms in total. The Balaban J connectivity index is 1.70. The Morgan fingerprint density at radius 2 is 2.00 bits per heavy atom. The van der Waals surface area contributed by atoms with Gasteiger partial charge in [-0.2, -0.15) is 0 Å². The summed E-state index contributed by atoms with van der Waals surface area (Å²) in [5, 5.41) is 11.4. The second-order valence-corrected chi connectivity index (χ2v) is 10.9. The van der Waals surface area contributed by atoms with Crippen molar-refractivity contribution in [3.05, 3.63) is 16.4 Å². The van der Waals surface area contributed by atoms with E-state index in [0.717, 1.165) is 25.7 Å². The molecule has 178 valence electrons. The van der Waals surface area contributed by atoms with Crippen molar-refractivity contribution in [2.75, 3.05) is 18.6 Å². The third-order valence-electron chi connectivity index (χ3n) is 6.82. The van der Waals surface area contributed by atoms with E-state index < -0.39 is 23.3 Å². The van der Waals surface area contributed by atoms with Gasteiger partial charge >= 0.3 is 6.09 Å². The number of hydrogen-bond donors (Lipinski definition) is 1. The number of carbonyl (C=O) groups is 1. The molecule has 3 fully saturated rings. The molecule has 2 bridgehead atoms. The summed E-state index contributed by atoms with van der Waals surface area (Å²) >= 11 is 12.2. The molecule has 1 aromatic rings. The van der Waals surface area contributed by atoms with Crippen LogP contribution >= 0.6 is 23.2 Å². The van der Waals surface area contributed by atoms with Gasteiger partial charge in [-0.1, -0.05) is 23.2 Å². The van der Waals surface area contributed by atoms with E-state index in [-0.39, 0.29) is 28.5 Å². The second-order valence-electron chi connectivity index (χ2n) is 10.2.